The SMILES string of the molecule is Cc1nn(C)c(Cl)c1/C=C/C(=O)NCc1ccccc1OCCO. The standard InChI is InChI=1S/C17H20ClN3O3/c1-12-14(17(18)21(2)20-12)7-8-16(23)19-11-13-5-3-4-6-15(13)24-10-9-22/h3-8,22H,9-11H2,1-2H3,(H,19,23)/b8-7+. The van der Waals surface area contributed by atoms with E-state index in [1.807, 2.05) is 25.1 Å². The molecule has 0 bridgehead atoms. The Morgan fingerprint density at radius 3 is 2.88 bits per heavy atom. The van der Waals surface area contributed by atoms with Crippen molar-refractivity contribution < 1.29 is 14.6 Å². The number of aromatic nitrogens is 2. The highest BCUT2D eigenvalue weighted by Gasteiger charge is 2.09. The summed E-state index contributed by atoms with van der Waals surface area (Å²) in [5, 5.41) is 16.3. The number of aliphatic hydroxyl groups is 1. The Kier molecular flexibility index (Phi) is 6.40. The van der Waals surface area contributed by atoms with Gasteiger partial charge in [-0.2, -0.15) is 5.10 Å². The smallest absolute Gasteiger partial charge is 0.244 e. The Hall–Kier alpha value is -2.31. The Morgan fingerprint density at radius 2 is 2.21 bits per heavy atom. The van der Waals surface area contributed by atoms with Gasteiger partial charge >= 0.3 is 0 Å². The Labute approximate surface area is 145 Å². The third-order valence-corrected chi connectivity index (χ3v) is 3.82. The van der Waals surface area contributed by atoms with E-state index in [1.165, 1.54) is 6.08 Å². The van der Waals surface area contributed by atoms with Crippen molar-refractivity contribution in [3.8, 4) is 5.75 Å². The van der Waals surface area contributed by atoms with Gasteiger partial charge in [0.2, 0.25) is 5.91 Å². The molecule has 1 aromatic carbocycles. The average molecular weight is 350 g/mol. The predicted octanol–water partition coefficient (Wildman–Crippen LogP) is 2.08. The van der Waals surface area contributed by atoms with E-state index in [2.05, 4.69) is 10.4 Å². The van der Waals surface area contributed by atoms with Crippen LogP contribution in [0.25, 0.3) is 6.08 Å². The lowest BCUT2D eigenvalue weighted by molar-refractivity contribution is -0.116. The van der Waals surface area contributed by atoms with Gasteiger partial charge in [0, 0.05) is 30.8 Å². The van der Waals surface area contributed by atoms with Crippen LogP contribution in [0.1, 0.15) is 16.8 Å². The molecule has 0 unspecified atom stereocenters. The van der Waals surface area contributed by atoms with Gasteiger partial charge in [-0.25, -0.2) is 0 Å². The van der Waals surface area contributed by atoms with Crippen LogP contribution < -0.4 is 10.1 Å². The maximum absolute atomic E-state index is 12.0. The number of aliphatic hydroxyl groups excluding tert-OH is 1. The second-order valence-electron chi connectivity index (χ2n) is 5.14. The monoisotopic (exact) mass is 349 g/mol. The molecule has 0 aliphatic heterocycles. The van der Waals surface area contributed by atoms with E-state index in [-0.39, 0.29) is 19.1 Å². The lowest BCUT2D eigenvalue weighted by Gasteiger charge is -2.10. The van der Waals surface area contributed by atoms with Crippen LogP contribution >= 0.6 is 11.6 Å². The number of ether oxygens (including phenoxy) is 1. The van der Waals surface area contributed by atoms with Crippen LogP contribution in [0.5, 0.6) is 5.75 Å². The van der Waals surface area contributed by atoms with Gasteiger partial charge < -0.3 is 15.2 Å². The van der Waals surface area contributed by atoms with E-state index in [0.717, 1.165) is 16.8 Å². The molecule has 0 spiro atoms. The second kappa shape index (κ2) is 8.52. The number of carbonyl (C=O) groups is 1. The number of amides is 1. The minimum Gasteiger partial charge on any atom is -0.491 e. The molecule has 2 N–H and O–H groups in total. The number of aryl methyl sites for hydroxylation is 2. The van der Waals surface area contributed by atoms with Crippen molar-refractivity contribution >= 4 is 23.6 Å². The molecule has 0 radical (unpaired) electrons. The van der Waals surface area contributed by atoms with Crippen LogP contribution in [0.2, 0.25) is 5.15 Å². The number of para-hydroxylation sites is 1. The van der Waals surface area contributed by atoms with E-state index in [4.69, 9.17) is 21.4 Å². The molecule has 1 aromatic heterocycles. The summed E-state index contributed by atoms with van der Waals surface area (Å²) in [4.78, 5) is 12.0. The first-order chi connectivity index (χ1) is 11.5. The van der Waals surface area contributed by atoms with Crippen LogP contribution in [-0.2, 0) is 18.4 Å². The highest BCUT2D eigenvalue weighted by molar-refractivity contribution is 6.31. The Morgan fingerprint density at radius 1 is 1.46 bits per heavy atom. The van der Waals surface area contributed by atoms with Gasteiger partial charge in [-0.15, -0.1) is 0 Å². The van der Waals surface area contributed by atoms with Crippen LogP contribution in [0, 0.1) is 6.92 Å². The zero-order valence-electron chi connectivity index (χ0n) is 13.6. The van der Waals surface area contributed by atoms with Crippen molar-refractivity contribution in [2.75, 3.05) is 13.2 Å². The molecule has 6 nitrogen and oxygen atoms in total. The zero-order valence-corrected chi connectivity index (χ0v) is 14.4. The van der Waals surface area contributed by atoms with Gasteiger partial charge in [0.1, 0.15) is 17.5 Å². The molecular formula is C17H20ClN3O3. The minimum atomic E-state index is -0.244. The quantitative estimate of drug-likeness (QED) is 0.750. The van der Waals surface area contributed by atoms with E-state index in [9.17, 15) is 4.79 Å². The molecule has 24 heavy (non-hydrogen) atoms. The fourth-order valence-electron chi connectivity index (χ4n) is 2.18. The number of rotatable bonds is 7. The molecular weight excluding hydrogens is 330 g/mol. The molecule has 2 aromatic rings. The molecule has 0 saturated carbocycles. The first-order valence-corrected chi connectivity index (χ1v) is 7.87. The molecule has 0 aliphatic carbocycles. The predicted molar refractivity (Wildman–Crippen MR) is 92.9 cm³/mol. The second-order valence-corrected chi connectivity index (χ2v) is 5.50. The topological polar surface area (TPSA) is 76.4 Å². The van der Waals surface area contributed by atoms with Gasteiger partial charge in [-0.1, -0.05) is 29.8 Å². The zero-order chi connectivity index (χ0) is 17.5. The third-order valence-electron chi connectivity index (χ3n) is 3.37. The molecule has 0 fully saturated rings. The number of hydrogen-bond donors (Lipinski definition) is 2. The average Bonchev–Trinajstić information content (AvgIpc) is 2.82. The van der Waals surface area contributed by atoms with E-state index in [0.29, 0.717) is 17.4 Å². The number of halogens is 1. The normalized spacial score (nSPS) is 11.0. The fraction of sp³-hybridized carbons (Fsp3) is 0.294. The van der Waals surface area contributed by atoms with Crippen molar-refractivity contribution in [2.24, 2.45) is 7.05 Å². The van der Waals surface area contributed by atoms with Crippen molar-refractivity contribution in [3.63, 3.8) is 0 Å². The van der Waals surface area contributed by atoms with Gasteiger partial charge in [0.25, 0.3) is 0 Å². The van der Waals surface area contributed by atoms with Gasteiger partial charge in [0.05, 0.1) is 12.3 Å². The first kappa shape index (κ1) is 18.0. The molecule has 0 aliphatic rings. The molecule has 1 amide bonds. The lowest BCUT2D eigenvalue weighted by atomic mass is 10.2. The minimum absolute atomic E-state index is 0.0609. The number of benzene rings is 1. The molecule has 128 valence electrons. The van der Waals surface area contributed by atoms with Crippen molar-refractivity contribution in [1.82, 2.24) is 15.1 Å². The molecule has 2 rings (SSSR count). The summed E-state index contributed by atoms with van der Waals surface area (Å²) in [5.41, 5.74) is 2.32. The van der Waals surface area contributed by atoms with Gasteiger partial charge in [0.15, 0.2) is 0 Å². The van der Waals surface area contributed by atoms with E-state index < -0.39 is 0 Å². The third kappa shape index (κ3) is 4.59. The molecule has 0 atom stereocenters. The molecule has 1 heterocycles. The molecule has 0 saturated heterocycles. The number of nitrogens with zero attached hydrogens (tertiary/aromatic N) is 2. The van der Waals surface area contributed by atoms with Crippen LogP contribution in [0.3, 0.4) is 0 Å². The van der Waals surface area contributed by atoms with E-state index >= 15 is 0 Å². The van der Waals surface area contributed by atoms with Crippen LogP contribution in [0.15, 0.2) is 30.3 Å². The molecule has 7 heteroatoms. The summed E-state index contributed by atoms with van der Waals surface area (Å²) in [7, 11) is 1.75. The summed E-state index contributed by atoms with van der Waals surface area (Å²) in [6, 6.07) is 7.36. The fourth-order valence-corrected chi connectivity index (χ4v) is 2.42. The Balaban J connectivity index is 1.97. The van der Waals surface area contributed by atoms with Crippen molar-refractivity contribution in [2.45, 2.75) is 13.5 Å². The largest absolute Gasteiger partial charge is 0.491 e. The Bertz CT molecular complexity index is 741. The van der Waals surface area contributed by atoms with Crippen LogP contribution in [0.4, 0.5) is 0 Å². The number of carbonyl (C=O) groups excluding carboxylic acids is 1. The van der Waals surface area contributed by atoms with Gasteiger partial charge in [-0.3, -0.25) is 9.48 Å². The number of hydrogen-bond acceptors (Lipinski definition) is 4. The first-order valence-electron chi connectivity index (χ1n) is 7.49. The summed E-state index contributed by atoms with van der Waals surface area (Å²) < 4.78 is 6.99. The summed E-state index contributed by atoms with van der Waals surface area (Å²) >= 11 is 6.12. The van der Waals surface area contributed by atoms with Crippen molar-refractivity contribution in [1.29, 1.82) is 0 Å². The van der Waals surface area contributed by atoms with Crippen molar-refractivity contribution in [3.05, 3.63) is 52.3 Å². The summed E-state index contributed by atoms with van der Waals surface area (Å²) in [6.07, 6.45) is 3.07. The lowest BCUT2D eigenvalue weighted by Crippen LogP contribution is -2.20. The highest BCUT2D eigenvalue weighted by atomic mass is 35.5. The van der Waals surface area contributed by atoms with E-state index in [1.54, 1.807) is 23.9 Å². The maximum atomic E-state index is 12.0. The summed E-state index contributed by atoms with van der Waals surface area (Å²) in [6.45, 7) is 2.31. The highest BCUT2D eigenvalue weighted by Crippen LogP contribution is 2.20. The van der Waals surface area contributed by atoms with Crippen LogP contribution in [-0.4, -0.2) is 34.0 Å². The van der Waals surface area contributed by atoms with Gasteiger partial charge in [-0.05, 0) is 19.1 Å². The number of nitrogens with one attached hydrogen (secondary N) is 1. The summed E-state index contributed by atoms with van der Waals surface area (Å²) in [5.74, 6) is 0.397. The maximum Gasteiger partial charge on any atom is 0.244 e.